The molecule has 8 heteroatoms. The van der Waals surface area contributed by atoms with Crippen LogP contribution in [0.4, 0.5) is 0 Å². The molecule has 2 heterocycles. The Labute approximate surface area is 217 Å². The lowest BCUT2D eigenvalue weighted by molar-refractivity contribution is -0.142. The van der Waals surface area contributed by atoms with Crippen LogP contribution in [0, 0.1) is 6.92 Å². The van der Waals surface area contributed by atoms with Gasteiger partial charge in [-0.3, -0.25) is 9.59 Å². The molecule has 37 heavy (non-hydrogen) atoms. The molecule has 0 radical (unpaired) electrons. The molecule has 1 aromatic heterocycles. The third-order valence-corrected chi connectivity index (χ3v) is 6.42. The molecule has 8 nitrogen and oxygen atoms in total. The van der Waals surface area contributed by atoms with Crippen LogP contribution < -0.4 is 9.47 Å². The summed E-state index contributed by atoms with van der Waals surface area (Å²) in [5.41, 5.74) is 1.83. The molecular weight excluding hydrogens is 472 g/mol. The first kappa shape index (κ1) is 26.3. The highest BCUT2D eigenvalue weighted by molar-refractivity contribution is 5.88. The van der Waals surface area contributed by atoms with Gasteiger partial charge in [-0.15, -0.1) is 0 Å². The number of ether oxygens (including phenoxy) is 3. The van der Waals surface area contributed by atoms with Gasteiger partial charge in [0.2, 0.25) is 18.6 Å². The number of fused-ring (bicyclic) bond motifs is 1. The maximum Gasteiger partial charge on any atom is 0.242 e. The first-order chi connectivity index (χ1) is 18.0. The molecular formula is C29H34N2O6. The van der Waals surface area contributed by atoms with Crippen molar-refractivity contribution >= 4 is 11.8 Å². The third-order valence-electron chi connectivity index (χ3n) is 6.42. The highest BCUT2D eigenvalue weighted by atomic mass is 16.7. The van der Waals surface area contributed by atoms with E-state index in [9.17, 15) is 9.59 Å². The Bertz CT molecular complexity index is 1190. The van der Waals surface area contributed by atoms with Crippen molar-refractivity contribution in [3.63, 3.8) is 0 Å². The summed E-state index contributed by atoms with van der Waals surface area (Å²) in [5, 5.41) is 0. The summed E-state index contributed by atoms with van der Waals surface area (Å²) in [6.07, 6.45) is 0.632. The summed E-state index contributed by atoms with van der Waals surface area (Å²) in [5.74, 6) is 2.19. The Morgan fingerprint density at radius 3 is 2.46 bits per heavy atom. The van der Waals surface area contributed by atoms with Crippen LogP contribution in [0.5, 0.6) is 11.5 Å². The van der Waals surface area contributed by atoms with Gasteiger partial charge in [0.25, 0.3) is 0 Å². The first-order valence-corrected chi connectivity index (χ1v) is 12.5. The second kappa shape index (κ2) is 12.5. The van der Waals surface area contributed by atoms with E-state index in [2.05, 4.69) is 0 Å². The van der Waals surface area contributed by atoms with Gasteiger partial charge >= 0.3 is 0 Å². The molecule has 0 bridgehead atoms. The van der Waals surface area contributed by atoms with Crippen molar-refractivity contribution in [2.45, 2.75) is 39.3 Å². The fraction of sp³-hybridized carbons (Fsp3) is 0.379. The SMILES string of the molecule is CCC(C(=O)N(CCOC)CC(=O)N(Cc1ccc2c(c1)OCO2)Cc1ccc(C)o1)c1ccccc1. The number of hydrogen-bond acceptors (Lipinski definition) is 6. The second-order valence-electron chi connectivity index (χ2n) is 9.07. The minimum absolute atomic E-state index is 0.0598. The largest absolute Gasteiger partial charge is 0.464 e. The highest BCUT2D eigenvalue weighted by Crippen LogP contribution is 2.33. The monoisotopic (exact) mass is 506 g/mol. The lowest BCUT2D eigenvalue weighted by Crippen LogP contribution is -2.45. The summed E-state index contributed by atoms with van der Waals surface area (Å²) in [7, 11) is 1.59. The molecule has 196 valence electrons. The number of nitrogens with zero attached hydrogens (tertiary/aromatic N) is 2. The average molecular weight is 507 g/mol. The normalized spacial score (nSPS) is 12.8. The third kappa shape index (κ3) is 6.71. The van der Waals surface area contributed by atoms with Crippen molar-refractivity contribution in [3.05, 3.63) is 83.3 Å². The number of carbonyl (C=O) groups excluding carboxylic acids is 2. The van der Waals surface area contributed by atoms with Gasteiger partial charge in [-0.05, 0) is 48.7 Å². The van der Waals surface area contributed by atoms with Crippen LogP contribution in [-0.4, -0.2) is 55.2 Å². The first-order valence-electron chi connectivity index (χ1n) is 12.5. The van der Waals surface area contributed by atoms with E-state index in [0.717, 1.165) is 16.9 Å². The number of amides is 2. The van der Waals surface area contributed by atoms with E-state index in [1.807, 2.05) is 74.5 Å². The van der Waals surface area contributed by atoms with E-state index in [-0.39, 0.29) is 37.6 Å². The number of carbonyl (C=O) groups is 2. The van der Waals surface area contributed by atoms with Crippen molar-refractivity contribution in [1.29, 1.82) is 0 Å². The van der Waals surface area contributed by atoms with Crippen LogP contribution in [0.1, 0.15) is 41.9 Å². The van der Waals surface area contributed by atoms with Gasteiger partial charge in [0.15, 0.2) is 11.5 Å². The Morgan fingerprint density at radius 2 is 1.76 bits per heavy atom. The molecule has 4 rings (SSSR count). The fourth-order valence-corrected chi connectivity index (χ4v) is 4.44. The van der Waals surface area contributed by atoms with Crippen LogP contribution in [0.15, 0.2) is 65.1 Å². The average Bonchev–Trinajstić information content (AvgIpc) is 3.55. The minimum atomic E-state index is -0.333. The van der Waals surface area contributed by atoms with Crippen LogP contribution in [-0.2, 0) is 27.4 Å². The van der Waals surface area contributed by atoms with Crippen LogP contribution in [0.2, 0.25) is 0 Å². The predicted octanol–water partition coefficient (Wildman–Crippen LogP) is 4.51. The van der Waals surface area contributed by atoms with Gasteiger partial charge < -0.3 is 28.4 Å². The molecule has 0 N–H and O–H groups in total. The lowest BCUT2D eigenvalue weighted by Gasteiger charge is -2.30. The summed E-state index contributed by atoms with van der Waals surface area (Å²) in [6.45, 7) is 5.25. The molecule has 0 spiro atoms. The van der Waals surface area contributed by atoms with E-state index < -0.39 is 0 Å². The zero-order valence-corrected chi connectivity index (χ0v) is 21.6. The summed E-state index contributed by atoms with van der Waals surface area (Å²) >= 11 is 0. The van der Waals surface area contributed by atoms with Crippen molar-refractivity contribution in [2.24, 2.45) is 0 Å². The molecule has 3 aromatic rings. The maximum atomic E-state index is 13.7. The Balaban J connectivity index is 1.55. The maximum absolute atomic E-state index is 13.7. The van der Waals surface area contributed by atoms with E-state index in [1.54, 1.807) is 16.9 Å². The predicted molar refractivity (Wildman–Crippen MR) is 138 cm³/mol. The van der Waals surface area contributed by atoms with E-state index in [4.69, 9.17) is 18.6 Å². The van der Waals surface area contributed by atoms with E-state index in [1.165, 1.54) is 0 Å². The van der Waals surface area contributed by atoms with Crippen LogP contribution in [0.25, 0.3) is 0 Å². The number of benzene rings is 2. The van der Waals surface area contributed by atoms with Crippen molar-refractivity contribution in [3.8, 4) is 11.5 Å². The Hall–Kier alpha value is -3.78. The van der Waals surface area contributed by atoms with Crippen molar-refractivity contribution < 1.29 is 28.2 Å². The van der Waals surface area contributed by atoms with Gasteiger partial charge in [-0.25, -0.2) is 0 Å². The molecule has 2 amide bonds. The van der Waals surface area contributed by atoms with E-state index in [0.29, 0.717) is 43.4 Å². The number of rotatable bonds is 12. The van der Waals surface area contributed by atoms with E-state index >= 15 is 0 Å². The van der Waals surface area contributed by atoms with Crippen molar-refractivity contribution in [2.75, 3.05) is 33.6 Å². The van der Waals surface area contributed by atoms with Crippen molar-refractivity contribution in [1.82, 2.24) is 9.80 Å². The fourth-order valence-electron chi connectivity index (χ4n) is 4.44. The Kier molecular flexibility index (Phi) is 8.85. The quantitative estimate of drug-likeness (QED) is 0.359. The molecule has 0 saturated heterocycles. The standard InChI is InChI=1S/C29H34N2O6/c1-4-25(23-8-6-5-7-9-23)29(33)30(14-15-34-3)19-28(32)31(18-24-12-10-21(2)37-24)17-22-11-13-26-27(16-22)36-20-35-26/h5-13,16,25H,4,14-15,17-20H2,1-3H3. The number of hydrogen-bond donors (Lipinski definition) is 0. The molecule has 0 saturated carbocycles. The van der Waals surface area contributed by atoms with Crippen LogP contribution >= 0.6 is 0 Å². The zero-order valence-electron chi connectivity index (χ0n) is 21.6. The number of aryl methyl sites for hydroxylation is 1. The summed E-state index contributed by atoms with van der Waals surface area (Å²) in [6, 6.07) is 19.1. The van der Waals surface area contributed by atoms with Gasteiger partial charge in [-0.2, -0.15) is 0 Å². The lowest BCUT2D eigenvalue weighted by atomic mass is 9.95. The summed E-state index contributed by atoms with van der Waals surface area (Å²) < 4.78 is 22.0. The topological polar surface area (TPSA) is 81.5 Å². The molecule has 2 aromatic carbocycles. The number of methoxy groups -OCH3 is 1. The van der Waals surface area contributed by atoms with Gasteiger partial charge in [0.1, 0.15) is 11.5 Å². The second-order valence-corrected chi connectivity index (χ2v) is 9.07. The van der Waals surface area contributed by atoms with Crippen LogP contribution in [0.3, 0.4) is 0 Å². The minimum Gasteiger partial charge on any atom is -0.464 e. The molecule has 1 aliphatic heterocycles. The summed E-state index contributed by atoms with van der Waals surface area (Å²) in [4.78, 5) is 30.7. The molecule has 0 fully saturated rings. The molecule has 1 unspecified atom stereocenters. The number of furan rings is 1. The van der Waals surface area contributed by atoms with Gasteiger partial charge in [0.05, 0.1) is 25.6 Å². The highest BCUT2D eigenvalue weighted by Gasteiger charge is 2.28. The molecule has 1 aliphatic rings. The smallest absolute Gasteiger partial charge is 0.242 e. The van der Waals surface area contributed by atoms with Gasteiger partial charge in [-0.1, -0.05) is 43.3 Å². The Morgan fingerprint density at radius 1 is 0.973 bits per heavy atom. The zero-order chi connectivity index (χ0) is 26.2. The van der Waals surface area contributed by atoms with Gasteiger partial charge in [0, 0.05) is 20.2 Å². The molecule has 0 aliphatic carbocycles. The molecule has 1 atom stereocenters.